The summed E-state index contributed by atoms with van der Waals surface area (Å²) in [5.74, 6) is 1.84. The summed E-state index contributed by atoms with van der Waals surface area (Å²) in [4.78, 5) is 2.07. The molecular formula is C14H20N4O. The number of aromatic nitrogens is 2. The number of nitrogens with two attached hydrogens (primary N) is 1. The van der Waals surface area contributed by atoms with Crippen LogP contribution >= 0.6 is 0 Å². The molecule has 0 radical (unpaired) electrons. The second-order valence-corrected chi connectivity index (χ2v) is 4.48. The van der Waals surface area contributed by atoms with Crippen molar-refractivity contribution in [1.82, 2.24) is 9.78 Å². The fourth-order valence-corrected chi connectivity index (χ4v) is 2.29. The van der Waals surface area contributed by atoms with Crippen molar-refractivity contribution in [3.05, 3.63) is 35.5 Å². The van der Waals surface area contributed by atoms with Gasteiger partial charge in [0.15, 0.2) is 0 Å². The minimum atomic E-state index is 0.476. The smallest absolute Gasteiger partial charge is 0.135 e. The van der Waals surface area contributed by atoms with Crippen LogP contribution in [0.25, 0.3) is 0 Å². The minimum absolute atomic E-state index is 0.476. The van der Waals surface area contributed by atoms with Gasteiger partial charge in [-0.2, -0.15) is 5.10 Å². The van der Waals surface area contributed by atoms with Gasteiger partial charge in [-0.05, 0) is 19.1 Å². The lowest BCUT2D eigenvalue weighted by molar-refractivity contribution is 0.415. The van der Waals surface area contributed by atoms with Crippen LogP contribution in [0.4, 0.5) is 11.5 Å². The lowest BCUT2D eigenvalue weighted by Gasteiger charge is -2.21. The summed E-state index contributed by atoms with van der Waals surface area (Å²) in [5, 5.41) is 4.43. The van der Waals surface area contributed by atoms with E-state index in [0.29, 0.717) is 6.54 Å². The van der Waals surface area contributed by atoms with E-state index in [4.69, 9.17) is 10.5 Å². The van der Waals surface area contributed by atoms with Crippen molar-refractivity contribution < 1.29 is 4.74 Å². The molecular weight excluding hydrogens is 240 g/mol. The molecule has 0 bridgehead atoms. The van der Waals surface area contributed by atoms with Crippen LogP contribution in [-0.4, -0.2) is 23.9 Å². The van der Waals surface area contributed by atoms with Crippen LogP contribution in [0, 0.1) is 6.92 Å². The number of methoxy groups -OCH3 is 1. The predicted molar refractivity (Wildman–Crippen MR) is 76.9 cm³/mol. The Balaban J connectivity index is 2.46. The summed E-state index contributed by atoms with van der Waals surface area (Å²) in [5.41, 5.74) is 8.90. The number of hydrogen-bond donors (Lipinski definition) is 1. The first-order valence-corrected chi connectivity index (χ1v) is 6.18. The van der Waals surface area contributed by atoms with E-state index in [2.05, 4.69) is 10.00 Å². The van der Waals surface area contributed by atoms with Crippen LogP contribution in [0.2, 0.25) is 0 Å². The molecule has 5 nitrogen and oxygen atoms in total. The first-order chi connectivity index (χ1) is 9.08. The van der Waals surface area contributed by atoms with Crippen molar-refractivity contribution in [2.45, 2.75) is 13.5 Å². The average Bonchev–Trinajstić information content (AvgIpc) is 2.71. The number of benzene rings is 1. The first kappa shape index (κ1) is 13.4. The van der Waals surface area contributed by atoms with Gasteiger partial charge in [-0.25, -0.2) is 0 Å². The van der Waals surface area contributed by atoms with Crippen molar-refractivity contribution in [2.75, 3.05) is 19.1 Å². The number of ether oxygens (including phenoxy) is 1. The van der Waals surface area contributed by atoms with Gasteiger partial charge < -0.3 is 15.4 Å². The van der Waals surface area contributed by atoms with E-state index in [9.17, 15) is 0 Å². The van der Waals surface area contributed by atoms with Gasteiger partial charge in [-0.15, -0.1) is 0 Å². The van der Waals surface area contributed by atoms with Crippen molar-refractivity contribution >= 4 is 11.5 Å². The summed E-state index contributed by atoms with van der Waals surface area (Å²) in [7, 11) is 5.60. The summed E-state index contributed by atoms with van der Waals surface area (Å²) in [6.07, 6.45) is 0. The zero-order chi connectivity index (χ0) is 14.0. The van der Waals surface area contributed by atoms with Gasteiger partial charge >= 0.3 is 0 Å². The Hall–Kier alpha value is -2.01. The number of anilines is 2. The molecule has 0 fully saturated rings. The van der Waals surface area contributed by atoms with Crippen LogP contribution in [0.1, 0.15) is 11.3 Å². The van der Waals surface area contributed by atoms with Gasteiger partial charge in [0, 0.05) is 38.0 Å². The highest BCUT2D eigenvalue weighted by atomic mass is 16.5. The van der Waals surface area contributed by atoms with E-state index in [1.165, 1.54) is 0 Å². The Morgan fingerprint density at radius 1 is 1.42 bits per heavy atom. The van der Waals surface area contributed by atoms with Crippen LogP contribution in [0.5, 0.6) is 5.75 Å². The highest BCUT2D eigenvalue weighted by Gasteiger charge is 2.17. The lowest BCUT2D eigenvalue weighted by Crippen LogP contribution is -2.16. The van der Waals surface area contributed by atoms with Crippen molar-refractivity contribution in [1.29, 1.82) is 0 Å². The fraction of sp³-hybridized carbons (Fsp3) is 0.357. The molecule has 0 unspecified atom stereocenters. The monoisotopic (exact) mass is 260 g/mol. The second kappa shape index (κ2) is 5.32. The molecule has 0 amide bonds. The Morgan fingerprint density at radius 2 is 2.16 bits per heavy atom. The van der Waals surface area contributed by atoms with E-state index in [0.717, 1.165) is 28.5 Å². The van der Waals surface area contributed by atoms with Crippen LogP contribution in [0.15, 0.2) is 24.3 Å². The number of nitrogens with zero attached hydrogens (tertiary/aromatic N) is 3. The Labute approximate surface area is 113 Å². The summed E-state index contributed by atoms with van der Waals surface area (Å²) >= 11 is 0. The molecule has 1 aromatic carbocycles. The lowest BCUT2D eigenvalue weighted by atomic mass is 10.2. The zero-order valence-electron chi connectivity index (χ0n) is 11.8. The van der Waals surface area contributed by atoms with E-state index in [1.807, 2.05) is 50.0 Å². The average molecular weight is 260 g/mol. The molecule has 2 N–H and O–H groups in total. The Bertz CT molecular complexity index is 577. The third-order valence-corrected chi connectivity index (χ3v) is 3.28. The Morgan fingerprint density at radius 3 is 2.79 bits per heavy atom. The maximum absolute atomic E-state index is 5.83. The molecule has 2 aromatic rings. The normalized spacial score (nSPS) is 10.6. The van der Waals surface area contributed by atoms with Gasteiger partial charge in [-0.1, -0.05) is 6.07 Å². The maximum atomic E-state index is 5.83. The summed E-state index contributed by atoms with van der Waals surface area (Å²) < 4.78 is 7.12. The fourth-order valence-electron chi connectivity index (χ4n) is 2.29. The third-order valence-electron chi connectivity index (χ3n) is 3.28. The molecule has 0 atom stereocenters. The molecule has 0 aliphatic rings. The predicted octanol–water partition coefficient (Wildman–Crippen LogP) is 1.96. The molecule has 1 heterocycles. The van der Waals surface area contributed by atoms with E-state index >= 15 is 0 Å². The summed E-state index contributed by atoms with van der Waals surface area (Å²) in [6.45, 7) is 2.45. The molecule has 0 saturated carbocycles. The van der Waals surface area contributed by atoms with Gasteiger partial charge in [0.25, 0.3) is 0 Å². The van der Waals surface area contributed by atoms with Crippen molar-refractivity contribution in [3.63, 3.8) is 0 Å². The Kier molecular flexibility index (Phi) is 3.76. The van der Waals surface area contributed by atoms with Crippen LogP contribution < -0.4 is 15.4 Å². The quantitative estimate of drug-likeness (QED) is 0.913. The highest BCUT2D eigenvalue weighted by Crippen LogP contribution is 2.30. The van der Waals surface area contributed by atoms with E-state index < -0.39 is 0 Å². The standard InChI is InChI=1S/C14H20N4O/c1-10-13(9-15)14(18(3)16-10)17(2)11-6-5-7-12(8-11)19-4/h5-8H,9,15H2,1-4H3. The zero-order valence-corrected chi connectivity index (χ0v) is 11.8. The SMILES string of the molecule is COc1cccc(N(C)c2c(CN)c(C)nn2C)c1. The van der Waals surface area contributed by atoms with Crippen LogP contribution in [-0.2, 0) is 13.6 Å². The molecule has 0 aliphatic carbocycles. The molecule has 0 aliphatic heterocycles. The minimum Gasteiger partial charge on any atom is -0.497 e. The molecule has 5 heteroatoms. The highest BCUT2D eigenvalue weighted by molar-refractivity contribution is 5.64. The van der Waals surface area contributed by atoms with Crippen molar-refractivity contribution in [3.8, 4) is 5.75 Å². The molecule has 102 valence electrons. The first-order valence-electron chi connectivity index (χ1n) is 6.18. The molecule has 0 saturated heterocycles. The van der Waals surface area contributed by atoms with Crippen molar-refractivity contribution in [2.24, 2.45) is 12.8 Å². The third kappa shape index (κ3) is 2.42. The van der Waals surface area contributed by atoms with Gasteiger partial charge in [-0.3, -0.25) is 4.68 Å². The van der Waals surface area contributed by atoms with Crippen LogP contribution in [0.3, 0.4) is 0 Å². The number of aryl methyl sites for hydroxylation is 2. The van der Waals surface area contributed by atoms with E-state index in [-0.39, 0.29) is 0 Å². The topological polar surface area (TPSA) is 56.3 Å². The molecule has 19 heavy (non-hydrogen) atoms. The van der Waals surface area contributed by atoms with E-state index in [1.54, 1.807) is 7.11 Å². The largest absolute Gasteiger partial charge is 0.497 e. The second-order valence-electron chi connectivity index (χ2n) is 4.48. The van der Waals surface area contributed by atoms with Gasteiger partial charge in [0.05, 0.1) is 12.8 Å². The van der Waals surface area contributed by atoms with Gasteiger partial charge in [0.1, 0.15) is 11.6 Å². The maximum Gasteiger partial charge on any atom is 0.135 e. The number of rotatable bonds is 4. The summed E-state index contributed by atoms with van der Waals surface area (Å²) in [6, 6.07) is 7.92. The molecule has 0 spiro atoms. The molecule has 2 rings (SSSR count). The van der Waals surface area contributed by atoms with Gasteiger partial charge in [0.2, 0.25) is 0 Å². The molecule has 1 aromatic heterocycles. The number of hydrogen-bond acceptors (Lipinski definition) is 4.